The molecule has 0 atom stereocenters. The van der Waals surface area contributed by atoms with Crippen molar-refractivity contribution in [3.63, 3.8) is 0 Å². The summed E-state index contributed by atoms with van der Waals surface area (Å²) in [7, 11) is 0. The summed E-state index contributed by atoms with van der Waals surface area (Å²) < 4.78 is 16.3. The molecule has 0 radical (unpaired) electrons. The second-order valence-corrected chi connectivity index (χ2v) is 5.05. The standard InChI is InChI=1S/C13H15BrFN3/c1-8-13(14)9(2)18(17-8)12-6-10(3-4-16)5-11(15)7-12/h5-7H,3-4,16H2,1-2H3. The number of benzene rings is 1. The highest BCUT2D eigenvalue weighted by Crippen LogP contribution is 2.24. The van der Waals surface area contributed by atoms with Crippen molar-refractivity contribution in [3.8, 4) is 5.69 Å². The van der Waals surface area contributed by atoms with Gasteiger partial charge in [0.05, 0.1) is 21.5 Å². The van der Waals surface area contributed by atoms with Crippen LogP contribution >= 0.6 is 15.9 Å². The van der Waals surface area contributed by atoms with Crippen LogP contribution < -0.4 is 5.73 Å². The minimum absolute atomic E-state index is 0.264. The molecular formula is C13H15BrFN3. The predicted molar refractivity (Wildman–Crippen MR) is 73.5 cm³/mol. The summed E-state index contributed by atoms with van der Waals surface area (Å²) in [5, 5.41) is 4.39. The van der Waals surface area contributed by atoms with Crippen LogP contribution in [0.2, 0.25) is 0 Å². The molecule has 18 heavy (non-hydrogen) atoms. The summed E-state index contributed by atoms with van der Waals surface area (Å²) in [4.78, 5) is 0. The van der Waals surface area contributed by atoms with Crippen molar-refractivity contribution in [2.24, 2.45) is 5.73 Å². The molecule has 1 aromatic carbocycles. The SMILES string of the molecule is Cc1nn(-c2cc(F)cc(CCN)c2)c(C)c1Br. The predicted octanol–water partition coefficient (Wildman–Crippen LogP) is 2.89. The van der Waals surface area contributed by atoms with Gasteiger partial charge in [0, 0.05) is 0 Å². The molecule has 96 valence electrons. The molecule has 2 N–H and O–H groups in total. The van der Waals surface area contributed by atoms with Gasteiger partial charge in [-0.15, -0.1) is 0 Å². The van der Waals surface area contributed by atoms with E-state index in [4.69, 9.17) is 5.73 Å². The summed E-state index contributed by atoms with van der Waals surface area (Å²) in [5.41, 5.74) is 8.96. The first-order valence-corrected chi connectivity index (χ1v) is 6.54. The zero-order valence-corrected chi connectivity index (χ0v) is 12.0. The number of hydrogen-bond acceptors (Lipinski definition) is 2. The first-order valence-electron chi connectivity index (χ1n) is 5.74. The number of nitrogens with two attached hydrogens (primary N) is 1. The third-order valence-electron chi connectivity index (χ3n) is 2.82. The Labute approximate surface area is 114 Å². The molecule has 2 aromatic rings. The molecule has 5 heteroatoms. The summed E-state index contributed by atoms with van der Waals surface area (Å²) >= 11 is 3.47. The van der Waals surface area contributed by atoms with Crippen molar-refractivity contribution in [2.45, 2.75) is 20.3 Å². The van der Waals surface area contributed by atoms with E-state index in [1.54, 1.807) is 4.68 Å². The van der Waals surface area contributed by atoms with Crippen LogP contribution in [0.1, 0.15) is 17.0 Å². The topological polar surface area (TPSA) is 43.8 Å². The smallest absolute Gasteiger partial charge is 0.125 e. The van der Waals surface area contributed by atoms with Gasteiger partial charge in [-0.3, -0.25) is 0 Å². The van der Waals surface area contributed by atoms with Gasteiger partial charge in [0.15, 0.2) is 0 Å². The van der Waals surface area contributed by atoms with Crippen LogP contribution in [0.25, 0.3) is 5.69 Å². The van der Waals surface area contributed by atoms with E-state index in [0.29, 0.717) is 13.0 Å². The van der Waals surface area contributed by atoms with Gasteiger partial charge < -0.3 is 5.73 Å². The highest BCUT2D eigenvalue weighted by Gasteiger charge is 2.11. The van der Waals surface area contributed by atoms with E-state index in [1.807, 2.05) is 19.9 Å². The Morgan fingerprint density at radius 3 is 2.61 bits per heavy atom. The first-order chi connectivity index (χ1) is 8.52. The fraction of sp³-hybridized carbons (Fsp3) is 0.308. The second-order valence-electron chi connectivity index (χ2n) is 4.25. The Balaban J connectivity index is 2.52. The molecule has 0 saturated heterocycles. The summed E-state index contributed by atoms with van der Waals surface area (Å²) in [6, 6.07) is 4.91. The lowest BCUT2D eigenvalue weighted by molar-refractivity contribution is 0.622. The minimum Gasteiger partial charge on any atom is -0.330 e. The molecule has 2 rings (SSSR count). The van der Waals surface area contributed by atoms with Crippen LogP contribution in [0.3, 0.4) is 0 Å². The number of rotatable bonds is 3. The highest BCUT2D eigenvalue weighted by atomic mass is 79.9. The van der Waals surface area contributed by atoms with Crippen molar-refractivity contribution in [1.82, 2.24) is 9.78 Å². The van der Waals surface area contributed by atoms with E-state index in [2.05, 4.69) is 21.0 Å². The number of nitrogens with zero attached hydrogens (tertiary/aromatic N) is 2. The number of halogens is 2. The molecule has 0 bridgehead atoms. The average Bonchev–Trinajstić information content (AvgIpc) is 2.57. The van der Waals surface area contributed by atoms with Crippen LogP contribution in [-0.2, 0) is 6.42 Å². The fourth-order valence-corrected chi connectivity index (χ4v) is 2.19. The molecule has 0 saturated carbocycles. The average molecular weight is 312 g/mol. The van der Waals surface area contributed by atoms with Crippen LogP contribution in [0.15, 0.2) is 22.7 Å². The van der Waals surface area contributed by atoms with Crippen LogP contribution in [-0.4, -0.2) is 16.3 Å². The van der Waals surface area contributed by atoms with Crippen molar-refractivity contribution in [1.29, 1.82) is 0 Å². The zero-order chi connectivity index (χ0) is 13.3. The van der Waals surface area contributed by atoms with Gasteiger partial charge in [-0.05, 0) is 66.5 Å². The number of aryl methyl sites for hydroxylation is 1. The van der Waals surface area contributed by atoms with Gasteiger partial charge >= 0.3 is 0 Å². The Morgan fingerprint density at radius 1 is 1.33 bits per heavy atom. The summed E-state index contributed by atoms with van der Waals surface area (Å²) in [6.07, 6.45) is 0.658. The van der Waals surface area contributed by atoms with Crippen molar-refractivity contribution < 1.29 is 4.39 Å². The Bertz CT molecular complexity index is 578. The van der Waals surface area contributed by atoms with E-state index >= 15 is 0 Å². The van der Waals surface area contributed by atoms with Gasteiger partial charge in [0.1, 0.15) is 5.82 Å². The molecular weight excluding hydrogens is 297 g/mol. The molecule has 3 nitrogen and oxygen atoms in total. The first kappa shape index (κ1) is 13.2. The van der Waals surface area contributed by atoms with Crippen LogP contribution in [0.4, 0.5) is 4.39 Å². The summed E-state index contributed by atoms with van der Waals surface area (Å²) in [5.74, 6) is -0.264. The molecule has 0 aliphatic rings. The molecule has 0 spiro atoms. The van der Waals surface area contributed by atoms with Gasteiger partial charge in [-0.1, -0.05) is 0 Å². The van der Waals surface area contributed by atoms with E-state index in [-0.39, 0.29) is 5.82 Å². The van der Waals surface area contributed by atoms with E-state index in [0.717, 1.165) is 27.1 Å². The normalized spacial score (nSPS) is 10.9. The fourth-order valence-electron chi connectivity index (χ4n) is 1.94. The molecule has 1 heterocycles. The van der Waals surface area contributed by atoms with Gasteiger partial charge in [-0.25, -0.2) is 9.07 Å². The summed E-state index contributed by atoms with van der Waals surface area (Å²) in [6.45, 7) is 4.36. The molecule has 1 aromatic heterocycles. The van der Waals surface area contributed by atoms with Gasteiger partial charge in [0.2, 0.25) is 0 Å². The largest absolute Gasteiger partial charge is 0.330 e. The lowest BCUT2D eigenvalue weighted by atomic mass is 10.1. The molecule has 0 aliphatic carbocycles. The molecule has 0 unspecified atom stereocenters. The maximum atomic E-state index is 13.6. The zero-order valence-electron chi connectivity index (χ0n) is 10.4. The minimum atomic E-state index is -0.264. The molecule has 0 amide bonds. The van der Waals surface area contributed by atoms with Crippen LogP contribution in [0, 0.1) is 19.7 Å². The maximum absolute atomic E-state index is 13.6. The lowest BCUT2D eigenvalue weighted by Gasteiger charge is -2.07. The maximum Gasteiger partial charge on any atom is 0.125 e. The van der Waals surface area contributed by atoms with Crippen LogP contribution in [0.5, 0.6) is 0 Å². The van der Waals surface area contributed by atoms with E-state index < -0.39 is 0 Å². The molecule has 0 fully saturated rings. The van der Waals surface area contributed by atoms with Gasteiger partial charge in [0.25, 0.3) is 0 Å². The van der Waals surface area contributed by atoms with E-state index in [1.165, 1.54) is 12.1 Å². The van der Waals surface area contributed by atoms with Crippen molar-refractivity contribution >= 4 is 15.9 Å². The Hall–Kier alpha value is -1.20. The number of hydrogen-bond donors (Lipinski definition) is 1. The lowest BCUT2D eigenvalue weighted by Crippen LogP contribution is -2.05. The molecule has 0 aliphatic heterocycles. The quantitative estimate of drug-likeness (QED) is 0.947. The van der Waals surface area contributed by atoms with Crippen molar-refractivity contribution in [2.75, 3.05) is 6.54 Å². The Morgan fingerprint density at radius 2 is 2.06 bits per heavy atom. The second kappa shape index (κ2) is 5.20. The third kappa shape index (κ3) is 2.47. The highest BCUT2D eigenvalue weighted by molar-refractivity contribution is 9.10. The number of aromatic nitrogens is 2. The van der Waals surface area contributed by atoms with Gasteiger partial charge in [-0.2, -0.15) is 5.10 Å². The Kier molecular flexibility index (Phi) is 3.82. The monoisotopic (exact) mass is 311 g/mol. The van der Waals surface area contributed by atoms with E-state index in [9.17, 15) is 4.39 Å². The van der Waals surface area contributed by atoms with Crippen molar-refractivity contribution in [3.05, 3.63) is 45.4 Å². The third-order valence-corrected chi connectivity index (χ3v) is 3.97.